The fraction of sp³-hybridized carbons (Fsp3) is 0.690. The van der Waals surface area contributed by atoms with Gasteiger partial charge in [-0.05, 0) is 94.2 Å². The fourth-order valence-electron chi connectivity index (χ4n) is 6.78. The van der Waals surface area contributed by atoms with Crippen molar-refractivity contribution in [2.24, 2.45) is 23.5 Å². The van der Waals surface area contributed by atoms with Gasteiger partial charge < -0.3 is 20.9 Å². The molecule has 1 aromatic rings. The van der Waals surface area contributed by atoms with E-state index < -0.39 is 6.04 Å². The molecule has 3 heterocycles. The molecule has 1 unspecified atom stereocenters. The van der Waals surface area contributed by atoms with E-state index in [2.05, 4.69) is 20.4 Å². The Balaban J connectivity index is 1.05. The predicted octanol–water partition coefficient (Wildman–Crippen LogP) is 3.41. The predicted molar refractivity (Wildman–Crippen MR) is 145 cm³/mol. The molecule has 3 saturated heterocycles. The number of anilines is 2. The van der Waals surface area contributed by atoms with Gasteiger partial charge in [-0.15, -0.1) is 0 Å². The lowest BCUT2D eigenvalue weighted by molar-refractivity contribution is -0.138. The number of halogens is 1. The summed E-state index contributed by atoms with van der Waals surface area (Å²) in [4.78, 5) is 40.5. The molecule has 3 aliphatic heterocycles. The second-order valence-electron chi connectivity index (χ2n) is 11.9. The first-order valence-corrected chi connectivity index (χ1v) is 14.5. The van der Waals surface area contributed by atoms with Gasteiger partial charge in [-0.1, -0.05) is 0 Å². The second-order valence-corrected chi connectivity index (χ2v) is 11.9. The van der Waals surface area contributed by atoms with E-state index >= 15 is 0 Å². The van der Waals surface area contributed by atoms with E-state index in [1.54, 1.807) is 6.07 Å². The number of carbonyl (C=O) groups is 3. The second kappa shape index (κ2) is 12.0. The van der Waals surface area contributed by atoms with E-state index in [9.17, 15) is 18.8 Å². The Morgan fingerprint density at radius 1 is 0.947 bits per heavy atom. The van der Waals surface area contributed by atoms with Crippen LogP contribution in [0.15, 0.2) is 18.2 Å². The molecule has 0 bridgehead atoms. The lowest BCUT2D eigenvalue weighted by atomic mass is 9.81. The summed E-state index contributed by atoms with van der Waals surface area (Å²) in [6.45, 7) is 3.44. The highest BCUT2D eigenvalue weighted by atomic mass is 19.1. The van der Waals surface area contributed by atoms with Crippen LogP contribution in [0, 0.1) is 23.6 Å². The van der Waals surface area contributed by atoms with Crippen LogP contribution in [-0.2, 0) is 14.4 Å². The smallest absolute Gasteiger partial charge is 0.249 e. The first-order chi connectivity index (χ1) is 18.4. The van der Waals surface area contributed by atoms with Crippen LogP contribution in [0.2, 0.25) is 0 Å². The number of nitrogens with two attached hydrogens (primary N) is 1. The molecule has 0 spiro atoms. The largest absolute Gasteiger partial charge is 0.374 e. The minimum atomic E-state index is -0.523. The Kier molecular flexibility index (Phi) is 8.51. The van der Waals surface area contributed by atoms with Gasteiger partial charge in [0.2, 0.25) is 17.7 Å². The SMILES string of the molecule is NC1CCC(C(=O)N2CCC(CC3CCN(c4ccc(NC5CCC(=O)NC5=O)cc4F)CC3)CC2)CC1. The summed E-state index contributed by atoms with van der Waals surface area (Å²) in [5.74, 6) is 0.929. The zero-order valence-corrected chi connectivity index (χ0v) is 22.3. The van der Waals surface area contributed by atoms with E-state index in [-0.39, 0.29) is 36.0 Å². The molecule has 0 radical (unpaired) electrons. The Hall–Kier alpha value is -2.68. The average molecular weight is 528 g/mol. The van der Waals surface area contributed by atoms with Gasteiger partial charge in [0.15, 0.2) is 0 Å². The molecule has 8 nitrogen and oxygen atoms in total. The molecule has 3 amide bonds. The monoisotopic (exact) mass is 527 g/mol. The molecule has 208 valence electrons. The van der Waals surface area contributed by atoms with Crippen LogP contribution in [0.1, 0.15) is 70.6 Å². The Morgan fingerprint density at radius 2 is 1.61 bits per heavy atom. The van der Waals surface area contributed by atoms with E-state index in [4.69, 9.17) is 5.73 Å². The number of amides is 3. The molecule has 1 saturated carbocycles. The van der Waals surface area contributed by atoms with Crippen LogP contribution in [0.4, 0.5) is 15.8 Å². The molecule has 4 fully saturated rings. The number of hydrogen-bond donors (Lipinski definition) is 3. The number of benzene rings is 1. The number of rotatable bonds is 6. The van der Waals surface area contributed by atoms with Gasteiger partial charge in [0, 0.05) is 50.2 Å². The summed E-state index contributed by atoms with van der Waals surface area (Å²) in [5.41, 5.74) is 7.16. The van der Waals surface area contributed by atoms with E-state index in [1.165, 1.54) is 12.5 Å². The van der Waals surface area contributed by atoms with Crippen LogP contribution < -0.4 is 21.3 Å². The maximum absolute atomic E-state index is 15.0. The molecule has 1 aliphatic carbocycles. The first kappa shape index (κ1) is 26.9. The van der Waals surface area contributed by atoms with Gasteiger partial charge in [-0.25, -0.2) is 4.39 Å². The van der Waals surface area contributed by atoms with Gasteiger partial charge in [-0.2, -0.15) is 0 Å². The lowest BCUT2D eigenvalue weighted by Gasteiger charge is -2.39. The Labute approximate surface area is 224 Å². The van der Waals surface area contributed by atoms with Crippen LogP contribution in [0.3, 0.4) is 0 Å². The zero-order chi connectivity index (χ0) is 26.6. The molecular formula is C29H42FN5O3. The number of likely N-dealkylation sites (tertiary alicyclic amines) is 1. The molecule has 38 heavy (non-hydrogen) atoms. The van der Waals surface area contributed by atoms with Crippen LogP contribution in [0.25, 0.3) is 0 Å². The third-order valence-electron chi connectivity index (χ3n) is 9.20. The van der Waals surface area contributed by atoms with Gasteiger partial charge in [0.1, 0.15) is 11.9 Å². The first-order valence-electron chi connectivity index (χ1n) is 14.5. The Bertz CT molecular complexity index is 1010. The van der Waals surface area contributed by atoms with Crippen molar-refractivity contribution in [3.63, 3.8) is 0 Å². The van der Waals surface area contributed by atoms with Gasteiger partial charge >= 0.3 is 0 Å². The van der Waals surface area contributed by atoms with Crippen molar-refractivity contribution in [3.8, 4) is 0 Å². The van der Waals surface area contributed by atoms with Crippen molar-refractivity contribution in [1.29, 1.82) is 0 Å². The highest BCUT2D eigenvalue weighted by molar-refractivity contribution is 6.01. The molecule has 1 atom stereocenters. The Morgan fingerprint density at radius 3 is 2.24 bits per heavy atom. The fourth-order valence-corrected chi connectivity index (χ4v) is 6.78. The zero-order valence-electron chi connectivity index (χ0n) is 22.3. The van der Waals surface area contributed by atoms with Crippen LogP contribution in [0.5, 0.6) is 0 Å². The summed E-state index contributed by atoms with van der Waals surface area (Å²) in [5, 5.41) is 5.37. The number of piperidine rings is 3. The van der Waals surface area contributed by atoms with Crippen molar-refractivity contribution in [2.75, 3.05) is 36.4 Å². The highest BCUT2D eigenvalue weighted by Gasteiger charge is 2.32. The minimum Gasteiger partial charge on any atom is -0.374 e. The van der Waals surface area contributed by atoms with E-state index in [0.717, 1.165) is 77.5 Å². The van der Waals surface area contributed by atoms with Crippen molar-refractivity contribution < 1.29 is 18.8 Å². The summed E-state index contributed by atoms with van der Waals surface area (Å²) in [7, 11) is 0. The highest BCUT2D eigenvalue weighted by Crippen LogP contribution is 2.34. The number of carbonyl (C=O) groups excluding carboxylic acids is 3. The normalized spacial score (nSPS) is 27.8. The van der Waals surface area contributed by atoms with Gasteiger partial charge in [0.05, 0.1) is 5.69 Å². The molecule has 1 aromatic carbocycles. The van der Waals surface area contributed by atoms with Crippen molar-refractivity contribution in [1.82, 2.24) is 10.2 Å². The third-order valence-corrected chi connectivity index (χ3v) is 9.20. The number of imide groups is 1. The van der Waals surface area contributed by atoms with Gasteiger partial charge in [0.25, 0.3) is 0 Å². The van der Waals surface area contributed by atoms with Crippen LogP contribution >= 0.6 is 0 Å². The summed E-state index contributed by atoms with van der Waals surface area (Å²) < 4.78 is 15.0. The lowest BCUT2D eigenvalue weighted by Crippen LogP contribution is -2.47. The topological polar surface area (TPSA) is 108 Å². The molecular weight excluding hydrogens is 485 g/mol. The maximum atomic E-state index is 15.0. The number of hydrogen-bond acceptors (Lipinski definition) is 6. The number of nitrogens with zero attached hydrogens (tertiary/aromatic N) is 2. The van der Waals surface area contributed by atoms with E-state index in [1.807, 2.05) is 6.07 Å². The number of nitrogens with one attached hydrogen (secondary N) is 2. The van der Waals surface area contributed by atoms with Crippen molar-refractivity contribution in [2.45, 2.75) is 82.7 Å². The molecule has 4 aliphatic rings. The molecule has 9 heteroatoms. The van der Waals surface area contributed by atoms with Crippen LogP contribution in [-0.4, -0.2) is 60.9 Å². The third kappa shape index (κ3) is 6.47. The maximum Gasteiger partial charge on any atom is 0.249 e. The van der Waals surface area contributed by atoms with Crippen molar-refractivity contribution in [3.05, 3.63) is 24.0 Å². The molecule has 5 rings (SSSR count). The quantitative estimate of drug-likeness (QED) is 0.490. The standard InChI is InChI=1S/C29H42FN5O3/c30-24-18-23(32-25-6-8-27(36)33-28(25)37)5-7-26(24)34-13-9-19(10-14-34)17-20-11-15-35(16-12-20)29(38)21-1-3-22(31)4-2-21/h5,7,18-22,25,32H,1-4,6,8-17,31H2,(H,33,36,37). The van der Waals surface area contributed by atoms with Gasteiger partial charge in [-0.3, -0.25) is 19.7 Å². The molecule has 4 N–H and O–H groups in total. The summed E-state index contributed by atoms with van der Waals surface area (Å²) in [6, 6.07) is 4.79. The summed E-state index contributed by atoms with van der Waals surface area (Å²) >= 11 is 0. The van der Waals surface area contributed by atoms with E-state index in [0.29, 0.717) is 35.5 Å². The molecule has 0 aromatic heterocycles. The minimum absolute atomic E-state index is 0.179. The summed E-state index contributed by atoms with van der Waals surface area (Å²) in [6.07, 6.45) is 10.0. The van der Waals surface area contributed by atoms with Crippen molar-refractivity contribution >= 4 is 29.1 Å². The average Bonchev–Trinajstić information content (AvgIpc) is 2.91.